The average Bonchev–Trinajstić information content (AvgIpc) is 2.70. The fourth-order valence-electron chi connectivity index (χ4n) is 2.37. The fourth-order valence-corrected chi connectivity index (χ4v) is 2.37. The molecule has 1 aliphatic rings. The van der Waals surface area contributed by atoms with Crippen LogP contribution >= 0.6 is 0 Å². The minimum atomic E-state index is -0.177. The van der Waals surface area contributed by atoms with Crippen molar-refractivity contribution in [3.63, 3.8) is 0 Å². The lowest BCUT2D eigenvalue weighted by Crippen LogP contribution is -2.46. The van der Waals surface area contributed by atoms with Crippen molar-refractivity contribution in [3.05, 3.63) is 11.4 Å². The summed E-state index contributed by atoms with van der Waals surface area (Å²) in [5, 5.41) is 9.80. The van der Waals surface area contributed by atoms with E-state index in [1.54, 1.807) is 0 Å². The van der Waals surface area contributed by atoms with Crippen LogP contribution in [0.4, 0.5) is 5.69 Å². The van der Waals surface area contributed by atoms with Crippen molar-refractivity contribution in [2.24, 2.45) is 0 Å². The number of anilines is 1. The average molecular weight is 251 g/mol. The minimum Gasteiger partial charge on any atom is -0.395 e. The van der Waals surface area contributed by atoms with E-state index in [2.05, 4.69) is 27.5 Å². The molecular weight excluding hydrogens is 230 g/mol. The zero-order valence-corrected chi connectivity index (χ0v) is 11.0. The van der Waals surface area contributed by atoms with Crippen LogP contribution in [0.1, 0.15) is 35.9 Å². The number of piperidine rings is 1. The molecule has 0 spiro atoms. The van der Waals surface area contributed by atoms with Crippen LogP contribution in [-0.4, -0.2) is 47.2 Å². The van der Waals surface area contributed by atoms with Gasteiger partial charge in [-0.15, -0.1) is 0 Å². The number of hydrogen-bond acceptors (Lipinski definition) is 4. The highest BCUT2D eigenvalue weighted by atomic mass is 16.2. The van der Waals surface area contributed by atoms with Gasteiger partial charge in [0.05, 0.1) is 11.4 Å². The number of likely N-dealkylation sites (N-methyl/N-ethyl adjacent to an activating group) is 1. The normalized spacial score (nSPS) is 20.9. The molecule has 4 N–H and O–H groups in total. The molecule has 2 rings (SSSR count). The molecule has 0 aromatic carbocycles. The summed E-state index contributed by atoms with van der Waals surface area (Å²) in [6, 6.07) is 0.192. The number of aryl methyl sites for hydroxylation is 1. The Hall–Kier alpha value is -1.56. The maximum atomic E-state index is 12.1. The van der Waals surface area contributed by atoms with Crippen LogP contribution in [-0.2, 0) is 6.42 Å². The van der Waals surface area contributed by atoms with Gasteiger partial charge in [0, 0.05) is 12.6 Å². The summed E-state index contributed by atoms with van der Waals surface area (Å²) in [6.07, 6.45) is 2.87. The van der Waals surface area contributed by atoms with Crippen molar-refractivity contribution in [1.29, 1.82) is 0 Å². The van der Waals surface area contributed by atoms with E-state index >= 15 is 0 Å². The second-order valence-corrected chi connectivity index (χ2v) is 4.89. The van der Waals surface area contributed by atoms with Gasteiger partial charge in [-0.2, -0.15) is 5.10 Å². The number of nitrogens with two attached hydrogens (primary N) is 1. The van der Waals surface area contributed by atoms with Gasteiger partial charge >= 0.3 is 0 Å². The van der Waals surface area contributed by atoms with Crippen LogP contribution in [0.15, 0.2) is 0 Å². The Labute approximate surface area is 107 Å². The first-order valence-electron chi connectivity index (χ1n) is 6.44. The van der Waals surface area contributed by atoms with E-state index in [1.807, 2.05) is 6.92 Å². The number of nitrogen functional groups attached to an aromatic ring is 1. The smallest absolute Gasteiger partial charge is 0.274 e. The molecule has 0 saturated carbocycles. The summed E-state index contributed by atoms with van der Waals surface area (Å²) >= 11 is 0. The van der Waals surface area contributed by atoms with Gasteiger partial charge in [0.15, 0.2) is 5.69 Å². The van der Waals surface area contributed by atoms with Gasteiger partial charge in [0.1, 0.15) is 0 Å². The molecule has 0 aliphatic carbocycles. The predicted molar refractivity (Wildman–Crippen MR) is 70.4 cm³/mol. The Morgan fingerprint density at radius 1 is 1.67 bits per heavy atom. The number of aromatic amines is 1. The van der Waals surface area contributed by atoms with Gasteiger partial charge in [0.2, 0.25) is 0 Å². The molecule has 1 amide bonds. The van der Waals surface area contributed by atoms with Gasteiger partial charge in [-0.05, 0) is 32.9 Å². The molecule has 1 aromatic rings. The molecular formula is C12H21N5O. The van der Waals surface area contributed by atoms with Crippen LogP contribution in [0.25, 0.3) is 0 Å². The molecule has 1 unspecified atom stereocenters. The number of carbonyl (C=O) groups is 1. The molecule has 1 aliphatic heterocycles. The highest BCUT2D eigenvalue weighted by Crippen LogP contribution is 2.15. The number of rotatable bonds is 3. The number of aromatic nitrogens is 2. The maximum Gasteiger partial charge on any atom is 0.274 e. The van der Waals surface area contributed by atoms with Crippen LogP contribution in [0.5, 0.6) is 0 Å². The first-order valence-corrected chi connectivity index (χ1v) is 6.44. The van der Waals surface area contributed by atoms with Crippen molar-refractivity contribution >= 4 is 11.6 Å². The summed E-state index contributed by atoms with van der Waals surface area (Å²) < 4.78 is 0. The van der Waals surface area contributed by atoms with E-state index in [-0.39, 0.29) is 11.9 Å². The molecule has 6 nitrogen and oxygen atoms in total. The highest BCUT2D eigenvalue weighted by molar-refractivity contribution is 5.97. The van der Waals surface area contributed by atoms with Gasteiger partial charge in [-0.3, -0.25) is 9.89 Å². The number of carbonyl (C=O) groups excluding carboxylic acids is 1. The van der Waals surface area contributed by atoms with E-state index in [0.717, 1.165) is 38.0 Å². The van der Waals surface area contributed by atoms with E-state index < -0.39 is 0 Å². The number of likely N-dealkylation sites (tertiary alicyclic amines) is 1. The first kappa shape index (κ1) is 12.9. The molecule has 6 heteroatoms. The lowest BCUT2D eigenvalue weighted by molar-refractivity contribution is 0.0908. The Kier molecular flexibility index (Phi) is 3.86. The quantitative estimate of drug-likeness (QED) is 0.724. The topological polar surface area (TPSA) is 87.0 Å². The molecule has 1 saturated heterocycles. The Morgan fingerprint density at radius 3 is 3.06 bits per heavy atom. The third-order valence-electron chi connectivity index (χ3n) is 3.41. The second-order valence-electron chi connectivity index (χ2n) is 4.89. The van der Waals surface area contributed by atoms with Crippen molar-refractivity contribution < 1.29 is 4.79 Å². The lowest BCUT2D eigenvalue weighted by atomic mass is 10.1. The molecule has 1 aromatic heterocycles. The SMILES string of the molecule is CCc1[nH]nc(C(=O)NC2CCCN(C)C2)c1N. The number of nitrogens with one attached hydrogen (secondary N) is 2. The highest BCUT2D eigenvalue weighted by Gasteiger charge is 2.22. The Balaban J connectivity index is 2.00. The second kappa shape index (κ2) is 5.39. The number of nitrogens with zero attached hydrogens (tertiary/aromatic N) is 2. The first-order chi connectivity index (χ1) is 8.61. The molecule has 1 fully saturated rings. The molecule has 1 atom stereocenters. The van der Waals surface area contributed by atoms with E-state index in [0.29, 0.717) is 11.4 Å². The summed E-state index contributed by atoms with van der Waals surface area (Å²) in [5.41, 5.74) is 7.49. The van der Waals surface area contributed by atoms with Crippen LogP contribution in [0.3, 0.4) is 0 Å². The predicted octanol–water partition coefficient (Wildman–Crippen LogP) is 0.378. The standard InChI is InChI=1S/C12H21N5O/c1-3-9-10(13)11(16-15-9)12(18)14-8-5-4-6-17(2)7-8/h8H,3-7,13H2,1-2H3,(H,14,18)(H,15,16). The van der Waals surface area contributed by atoms with Gasteiger partial charge in [-0.25, -0.2) is 0 Å². The maximum absolute atomic E-state index is 12.1. The van der Waals surface area contributed by atoms with Crippen molar-refractivity contribution in [2.75, 3.05) is 25.9 Å². The molecule has 18 heavy (non-hydrogen) atoms. The molecule has 0 bridgehead atoms. The number of H-pyrrole nitrogens is 1. The van der Waals surface area contributed by atoms with Gasteiger partial charge in [-0.1, -0.05) is 6.92 Å². The fraction of sp³-hybridized carbons (Fsp3) is 0.667. The van der Waals surface area contributed by atoms with Crippen LogP contribution < -0.4 is 11.1 Å². The largest absolute Gasteiger partial charge is 0.395 e. The third kappa shape index (κ3) is 2.64. The number of hydrogen-bond donors (Lipinski definition) is 3. The van der Waals surface area contributed by atoms with E-state index in [9.17, 15) is 4.79 Å². The molecule has 0 radical (unpaired) electrons. The van der Waals surface area contributed by atoms with Gasteiger partial charge in [0.25, 0.3) is 5.91 Å². The third-order valence-corrected chi connectivity index (χ3v) is 3.41. The zero-order valence-electron chi connectivity index (χ0n) is 11.0. The summed E-state index contributed by atoms with van der Waals surface area (Å²) in [6.45, 7) is 3.95. The van der Waals surface area contributed by atoms with Crippen LogP contribution in [0, 0.1) is 0 Å². The molecule has 100 valence electrons. The van der Waals surface area contributed by atoms with Crippen molar-refractivity contribution in [1.82, 2.24) is 20.4 Å². The summed E-state index contributed by atoms with van der Waals surface area (Å²) in [5.74, 6) is -0.177. The van der Waals surface area contributed by atoms with Crippen molar-refractivity contribution in [3.8, 4) is 0 Å². The number of amides is 1. The lowest BCUT2D eigenvalue weighted by Gasteiger charge is -2.29. The Bertz CT molecular complexity index is 428. The summed E-state index contributed by atoms with van der Waals surface area (Å²) in [7, 11) is 2.07. The monoisotopic (exact) mass is 251 g/mol. The van der Waals surface area contributed by atoms with E-state index in [4.69, 9.17) is 5.73 Å². The minimum absolute atomic E-state index is 0.177. The van der Waals surface area contributed by atoms with Crippen molar-refractivity contribution in [2.45, 2.75) is 32.2 Å². The van der Waals surface area contributed by atoms with Gasteiger partial charge < -0.3 is 16.0 Å². The van der Waals surface area contributed by atoms with E-state index in [1.165, 1.54) is 0 Å². The zero-order chi connectivity index (χ0) is 13.1. The van der Waals surface area contributed by atoms with Crippen LogP contribution in [0.2, 0.25) is 0 Å². The Morgan fingerprint density at radius 2 is 2.44 bits per heavy atom. The summed E-state index contributed by atoms with van der Waals surface area (Å²) in [4.78, 5) is 14.3. The molecule has 2 heterocycles.